The molecule has 12 heavy (non-hydrogen) atoms. The molecule has 0 saturated carbocycles. The number of unbranched alkanes of at least 4 members (excludes halogenated alkanes) is 1. The van der Waals surface area contributed by atoms with Crippen molar-refractivity contribution in [2.75, 3.05) is 0 Å². The van der Waals surface area contributed by atoms with Gasteiger partial charge in [0.2, 0.25) is 5.70 Å². The van der Waals surface area contributed by atoms with Crippen LogP contribution in [-0.4, -0.2) is 4.92 Å². The fourth-order valence-corrected chi connectivity index (χ4v) is 0.691. The molecule has 0 unspecified atom stereocenters. The zero-order chi connectivity index (χ0) is 9.56. The smallest absolute Gasteiger partial charge is 0.246 e. The molecule has 0 aliphatic rings. The monoisotopic (exact) mass is 169 g/mol. The molecule has 0 bridgehead atoms. The maximum Gasteiger partial charge on any atom is 0.246 e. The molecular formula is C9H15NO2. The number of nitrogens with zero attached hydrogens (tertiary/aromatic N) is 1. The average molecular weight is 169 g/mol. The van der Waals surface area contributed by atoms with Crippen molar-refractivity contribution in [1.29, 1.82) is 0 Å². The molecule has 0 aliphatic heterocycles. The largest absolute Gasteiger partial charge is 0.259 e. The summed E-state index contributed by atoms with van der Waals surface area (Å²) in [5.41, 5.74) is 0.954. The summed E-state index contributed by atoms with van der Waals surface area (Å²) < 4.78 is 0. The third kappa shape index (κ3) is 3.91. The molecule has 0 N–H and O–H groups in total. The molecule has 0 rings (SSSR count). The van der Waals surface area contributed by atoms with Crippen LogP contribution in [0.1, 0.15) is 33.6 Å². The molecule has 68 valence electrons. The maximum absolute atomic E-state index is 10.3. The summed E-state index contributed by atoms with van der Waals surface area (Å²) in [6, 6.07) is 0. The van der Waals surface area contributed by atoms with Crippen LogP contribution in [0.3, 0.4) is 0 Å². The maximum atomic E-state index is 10.3. The Morgan fingerprint density at radius 1 is 1.50 bits per heavy atom. The van der Waals surface area contributed by atoms with Crippen molar-refractivity contribution in [3.05, 3.63) is 33.5 Å². The van der Waals surface area contributed by atoms with Crippen LogP contribution >= 0.6 is 0 Å². The zero-order valence-electron chi connectivity index (χ0n) is 7.83. The van der Waals surface area contributed by atoms with Gasteiger partial charge < -0.3 is 0 Å². The summed E-state index contributed by atoms with van der Waals surface area (Å²) in [4.78, 5) is 9.93. The minimum atomic E-state index is -0.356. The Hall–Kier alpha value is -1.12. The minimum absolute atomic E-state index is 0.224. The van der Waals surface area contributed by atoms with E-state index in [-0.39, 0.29) is 10.6 Å². The second kappa shape index (κ2) is 5.52. The highest BCUT2D eigenvalue weighted by atomic mass is 16.6. The molecule has 3 heteroatoms. The first kappa shape index (κ1) is 10.9. The van der Waals surface area contributed by atoms with E-state index in [1.807, 2.05) is 12.2 Å². The van der Waals surface area contributed by atoms with Gasteiger partial charge in [0.1, 0.15) is 0 Å². The molecule has 0 aromatic rings. The number of hydrogen-bond acceptors (Lipinski definition) is 2. The third-order valence-corrected chi connectivity index (χ3v) is 1.67. The van der Waals surface area contributed by atoms with Crippen molar-refractivity contribution in [3.63, 3.8) is 0 Å². The molecule has 0 saturated heterocycles. The van der Waals surface area contributed by atoms with Crippen LogP contribution < -0.4 is 0 Å². The van der Waals surface area contributed by atoms with Gasteiger partial charge in [-0.2, -0.15) is 0 Å². The van der Waals surface area contributed by atoms with Crippen molar-refractivity contribution in [2.45, 2.75) is 33.6 Å². The van der Waals surface area contributed by atoms with E-state index in [2.05, 4.69) is 6.92 Å². The summed E-state index contributed by atoms with van der Waals surface area (Å²) in [6.07, 6.45) is 5.81. The van der Waals surface area contributed by atoms with Crippen LogP contribution in [0, 0.1) is 10.1 Å². The van der Waals surface area contributed by atoms with Crippen LogP contribution in [0.15, 0.2) is 23.4 Å². The number of hydrogen-bond donors (Lipinski definition) is 0. The summed E-state index contributed by atoms with van der Waals surface area (Å²) in [7, 11) is 0. The van der Waals surface area contributed by atoms with Gasteiger partial charge in [-0.25, -0.2) is 0 Å². The summed E-state index contributed by atoms with van der Waals surface area (Å²) in [6.45, 7) is 5.35. The standard InChI is InChI=1S/C9H15NO2/c1-4-5-6-7-8(2)9(3)10(11)12/h6-7H,4-5H2,1-3H3/b7-6+,9-8-. The molecule has 0 aromatic heterocycles. The van der Waals surface area contributed by atoms with E-state index in [9.17, 15) is 10.1 Å². The zero-order valence-corrected chi connectivity index (χ0v) is 7.83. The van der Waals surface area contributed by atoms with Crippen molar-refractivity contribution >= 4 is 0 Å². The first-order chi connectivity index (χ1) is 5.59. The van der Waals surface area contributed by atoms with Gasteiger partial charge in [0.25, 0.3) is 0 Å². The highest BCUT2D eigenvalue weighted by molar-refractivity contribution is 5.18. The SMILES string of the molecule is CCC/C=C/C(C)=C(/C)[N+](=O)[O-]. The molecule has 0 amide bonds. The molecule has 0 spiro atoms. The number of rotatable bonds is 4. The quantitative estimate of drug-likeness (QED) is 0.369. The lowest BCUT2D eigenvalue weighted by molar-refractivity contribution is -0.425. The Kier molecular flexibility index (Phi) is 5.00. The van der Waals surface area contributed by atoms with E-state index in [1.54, 1.807) is 6.92 Å². The average Bonchev–Trinajstić information content (AvgIpc) is 2.03. The van der Waals surface area contributed by atoms with Gasteiger partial charge in [0.15, 0.2) is 0 Å². The van der Waals surface area contributed by atoms with Crippen molar-refractivity contribution < 1.29 is 4.92 Å². The van der Waals surface area contributed by atoms with Crippen LogP contribution in [0.25, 0.3) is 0 Å². The summed E-state index contributed by atoms with van der Waals surface area (Å²) >= 11 is 0. The van der Waals surface area contributed by atoms with Gasteiger partial charge >= 0.3 is 0 Å². The molecule has 0 radical (unpaired) electrons. The highest BCUT2D eigenvalue weighted by Crippen LogP contribution is 2.05. The molecule has 0 aromatic carbocycles. The molecule has 3 nitrogen and oxygen atoms in total. The van der Waals surface area contributed by atoms with E-state index >= 15 is 0 Å². The Morgan fingerprint density at radius 3 is 2.50 bits per heavy atom. The van der Waals surface area contributed by atoms with Crippen LogP contribution in [-0.2, 0) is 0 Å². The first-order valence-electron chi connectivity index (χ1n) is 4.08. The summed E-state index contributed by atoms with van der Waals surface area (Å²) in [5, 5.41) is 10.3. The van der Waals surface area contributed by atoms with Gasteiger partial charge in [-0.05, 0) is 13.3 Å². The van der Waals surface area contributed by atoms with Gasteiger partial charge in [-0.3, -0.25) is 10.1 Å². The first-order valence-corrected chi connectivity index (χ1v) is 4.08. The van der Waals surface area contributed by atoms with Crippen LogP contribution in [0.2, 0.25) is 0 Å². The molecule has 0 fully saturated rings. The fraction of sp³-hybridized carbons (Fsp3) is 0.556. The van der Waals surface area contributed by atoms with Crippen molar-refractivity contribution in [1.82, 2.24) is 0 Å². The normalized spacial score (nSPS) is 13.2. The predicted molar refractivity (Wildman–Crippen MR) is 49.4 cm³/mol. The Labute approximate surface area is 72.9 Å². The van der Waals surface area contributed by atoms with Gasteiger partial charge in [-0.1, -0.05) is 25.5 Å². The van der Waals surface area contributed by atoms with Gasteiger partial charge in [0.05, 0.1) is 4.92 Å². The topological polar surface area (TPSA) is 43.1 Å². The van der Waals surface area contributed by atoms with E-state index in [4.69, 9.17) is 0 Å². The number of nitro groups is 1. The van der Waals surface area contributed by atoms with Gasteiger partial charge in [-0.15, -0.1) is 0 Å². The Bertz CT molecular complexity index is 217. The molecular weight excluding hydrogens is 154 g/mol. The Morgan fingerprint density at radius 2 is 2.08 bits per heavy atom. The lowest BCUT2D eigenvalue weighted by Gasteiger charge is -1.92. The van der Waals surface area contributed by atoms with Crippen molar-refractivity contribution in [2.24, 2.45) is 0 Å². The lowest BCUT2D eigenvalue weighted by atomic mass is 10.2. The van der Waals surface area contributed by atoms with Gasteiger partial charge in [0, 0.05) is 12.5 Å². The van der Waals surface area contributed by atoms with E-state index in [0.29, 0.717) is 0 Å². The fourth-order valence-electron chi connectivity index (χ4n) is 0.691. The van der Waals surface area contributed by atoms with Crippen LogP contribution in [0.5, 0.6) is 0 Å². The van der Waals surface area contributed by atoms with E-state index in [1.165, 1.54) is 6.92 Å². The predicted octanol–water partition coefficient (Wildman–Crippen LogP) is 2.91. The lowest BCUT2D eigenvalue weighted by Crippen LogP contribution is -1.95. The highest BCUT2D eigenvalue weighted by Gasteiger charge is 2.04. The second-order valence-electron chi connectivity index (χ2n) is 2.72. The Balaban J connectivity index is 4.26. The second-order valence-corrected chi connectivity index (χ2v) is 2.72. The van der Waals surface area contributed by atoms with Crippen LogP contribution in [0.4, 0.5) is 0 Å². The summed E-state index contributed by atoms with van der Waals surface area (Å²) in [5.74, 6) is 0. The number of allylic oxidation sites excluding steroid dienone is 4. The third-order valence-electron chi connectivity index (χ3n) is 1.67. The molecule has 0 aliphatic carbocycles. The van der Waals surface area contributed by atoms with Crippen molar-refractivity contribution in [3.8, 4) is 0 Å². The minimum Gasteiger partial charge on any atom is -0.259 e. The molecule has 0 atom stereocenters. The molecule has 0 heterocycles. The van der Waals surface area contributed by atoms with E-state index in [0.717, 1.165) is 18.4 Å². The van der Waals surface area contributed by atoms with E-state index < -0.39 is 0 Å².